The van der Waals surface area contributed by atoms with E-state index in [9.17, 15) is 0 Å². The minimum Gasteiger partial charge on any atom is -0.311 e. The van der Waals surface area contributed by atoms with Crippen molar-refractivity contribution in [3.8, 4) is 0 Å². The highest BCUT2D eigenvalue weighted by Crippen LogP contribution is 1.98. The van der Waals surface area contributed by atoms with Gasteiger partial charge in [-0.3, -0.25) is 9.88 Å². The molecular formula is C13H22N4. The van der Waals surface area contributed by atoms with Crippen LogP contribution in [0.1, 0.15) is 5.56 Å². The summed E-state index contributed by atoms with van der Waals surface area (Å²) >= 11 is 0. The number of hydrogen-bond acceptors (Lipinski definition) is 4. The van der Waals surface area contributed by atoms with E-state index in [2.05, 4.69) is 39.3 Å². The molecule has 1 aromatic rings. The monoisotopic (exact) mass is 234 g/mol. The zero-order valence-electron chi connectivity index (χ0n) is 10.6. The van der Waals surface area contributed by atoms with E-state index in [1.807, 2.05) is 12.4 Å². The first-order chi connectivity index (χ1) is 8.34. The molecule has 1 aliphatic heterocycles. The molecule has 1 aromatic heterocycles. The lowest BCUT2D eigenvalue weighted by Gasteiger charge is -2.32. The minimum atomic E-state index is 0.941. The van der Waals surface area contributed by atoms with Crippen LogP contribution in [0.25, 0.3) is 0 Å². The zero-order valence-corrected chi connectivity index (χ0v) is 10.6. The number of nitrogens with one attached hydrogen (secondary N) is 1. The van der Waals surface area contributed by atoms with Gasteiger partial charge < -0.3 is 10.2 Å². The van der Waals surface area contributed by atoms with Gasteiger partial charge in [0.25, 0.3) is 0 Å². The van der Waals surface area contributed by atoms with Crippen molar-refractivity contribution in [2.24, 2.45) is 0 Å². The van der Waals surface area contributed by atoms with Crippen molar-refractivity contribution in [2.75, 3.05) is 46.3 Å². The molecule has 0 amide bonds. The molecule has 4 heteroatoms. The second-order valence-corrected chi connectivity index (χ2v) is 4.68. The number of likely N-dealkylation sites (N-methyl/N-ethyl adjacent to an activating group) is 1. The van der Waals surface area contributed by atoms with Crippen molar-refractivity contribution in [3.63, 3.8) is 0 Å². The van der Waals surface area contributed by atoms with Crippen molar-refractivity contribution in [1.82, 2.24) is 20.1 Å². The third-order valence-corrected chi connectivity index (χ3v) is 3.28. The fraction of sp³-hybridized carbons (Fsp3) is 0.615. The molecule has 0 spiro atoms. The smallest absolute Gasteiger partial charge is 0.0271 e. The predicted molar refractivity (Wildman–Crippen MR) is 69.9 cm³/mol. The molecule has 0 saturated carbocycles. The van der Waals surface area contributed by atoms with Gasteiger partial charge in [-0.15, -0.1) is 0 Å². The van der Waals surface area contributed by atoms with Gasteiger partial charge in [0.2, 0.25) is 0 Å². The lowest BCUT2D eigenvalue weighted by molar-refractivity contribution is 0.154. The van der Waals surface area contributed by atoms with Gasteiger partial charge in [-0.2, -0.15) is 0 Å². The van der Waals surface area contributed by atoms with Gasteiger partial charge in [0.1, 0.15) is 0 Å². The van der Waals surface area contributed by atoms with E-state index in [1.165, 1.54) is 31.7 Å². The van der Waals surface area contributed by atoms with Gasteiger partial charge in [0.15, 0.2) is 0 Å². The summed E-state index contributed by atoms with van der Waals surface area (Å²) in [6.07, 6.45) is 3.69. The molecule has 1 N–H and O–H groups in total. The number of piperazine rings is 1. The highest BCUT2D eigenvalue weighted by atomic mass is 15.2. The van der Waals surface area contributed by atoms with Crippen molar-refractivity contribution in [1.29, 1.82) is 0 Å². The molecule has 1 saturated heterocycles. The second kappa shape index (κ2) is 6.69. The van der Waals surface area contributed by atoms with E-state index in [1.54, 1.807) is 0 Å². The summed E-state index contributed by atoms with van der Waals surface area (Å²) < 4.78 is 0. The molecule has 2 heterocycles. The fourth-order valence-electron chi connectivity index (χ4n) is 2.04. The van der Waals surface area contributed by atoms with Crippen molar-refractivity contribution in [3.05, 3.63) is 30.1 Å². The Balaban J connectivity index is 1.57. The molecule has 0 unspecified atom stereocenters. The Morgan fingerprint density at radius 2 is 1.88 bits per heavy atom. The van der Waals surface area contributed by atoms with E-state index < -0.39 is 0 Å². The predicted octanol–water partition coefficient (Wildman–Crippen LogP) is 0.419. The maximum absolute atomic E-state index is 4.01. The van der Waals surface area contributed by atoms with Crippen LogP contribution in [-0.4, -0.2) is 61.1 Å². The molecular weight excluding hydrogens is 212 g/mol. The van der Waals surface area contributed by atoms with Crippen molar-refractivity contribution in [2.45, 2.75) is 6.54 Å². The maximum Gasteiger partial charge on any atom is 0.0271 e. The third-order valence-electron chi connectivity index (χ3n) is 3.28. The van der Waals surface area contributed by atoms with Crippen LogP contribution >= 0.6 is 0 Å². The zero-order chi connectivity index (χ0) is 11.9. The highest BCUT2D eigenvalue weighted by Gasteiger charge is 2.12. The van der Waals surface area contributed by atoms with Crippen LogP contribution in [0.4, 0.5) is 0 Å². The average molecular weight is 234 g/mol. The number of hydrogen-bond donors (Lipinski definition) is 1. The van der Waals surface area contributed by atoms with Gasteiger partial charge in [-0.25, -0.2) is 0 Å². The van der Waals surface area contributed by atoms with Crippen LogP contribution < -0.4 is 5.32 Å². The van der Waals surface area contributed by atoms with Crippen molar-refractivity contribution >= 4 is 0 Å². The third kappa shape index (κ3) is 4.42. The largest absolute Gasteiger partial charge is 0.311 e. The van der Waals surface area contributed by atoms with E-state index in [0.29, 0.717) is 0 Å². The number of rotatable bonds is 5. The summed E-state index contributed by atoms with van der Waals surface area (Å²) in [4.78, 5) is 8.93. The molecule has 0 aliphatic carbocycles. The van der Waals surface area contributed by atoms with Gasteiger partial charge in [-0.05, 0) is 24.7 Å². The van der Waals surface area contributed by atoms with E-state index in [0.717, 1.165) is 19.6 Å². The van der Waals surface area contributed by atoms with Crippen LogP contribution in [-0.2, 0) is 6.54 Å². The Morgan fingerprint density at radius 3 is 2.59 bits per heavy atom. The first-order valence-corrected chi connectivity index (χ1v) is 6.35. The second-order valence-electron chi connectivity index (χ2n) is 4.68. The van der Waals surface area contributed by atoms with Crippen LogP contribution in [0.15, 0.2) is 24.5 Å². The van der Waals surface area contributed by atoms with Crippen LogP contribution in [0.3, 0.4) is 0 Å². The standard InChI is InChI=1S/C13H22N4/c1-16-8-10-17(11-9-16)7-6-15-12-13-2-4-14-5-3-13/h2-5,15H,6-12H2,1H3. The normalized spacial score (nSPS) is 18.4. The lowest BCUT2D eigenvalue weighted by Crippen LogP contribution is -2.46. The average Bonchev–Trinajstić information content (AvgIpc) is 2.38. The molecule has 1 fully saturated rings. The van der Waals surface area contributed by atoms with Gasteiger partial charge in [0.05, 0.1) is 0 Å². The molecule has 4 nitrogen and oxygen atoms in total. The number of nitrogens with zero attached hydrogens (tertiary/aromatic N) is 3. The van der Waals surface area contributed by atoms with Gasteiger partial charge in [-0.1, -0.05) is 0 Å². The first kappa shape index (κ1) is 12.5. The molecule has 0 radical (unpaired) electrons. The van der Waals surface area contributed by atoms with E-state index in [-0.39, 0.29) is 0 Å². The SMILES string of the molecule is CN1CCN(CCNCc2ccncc2)CC1. The lowest BCUT2D eigenvalue weighted by atomic mass is 10.2. The topological polar surface area (TPSA) is 31.4 Å². The quantitative estimate of drug-likeness (QED) is 0.748. The van der Waals surface area contributed by atoms with Crippen LogP contribution in [0, 0.1) is 0 Å². The Hall–Kier alpha value is -0.970. The Kier molecular flexibility index (Phi) is 4.91. The Bertz CT molecular complexity index is 306. The van der Waals surface area contributed by atoms with E-state index >= 15 is 0 Å². The molecule has 0 atom stereocenters. The summed E-state index contributed by atoms with van der Waals surface area (Å²) in [5.74, 6) is 0. The molecule has 1 aliphatic rings. The van der Waals surface area contributed by atoms with E-state index in [4.69, 9.17) is 0 Å². The first-order valence-electron chi connectivity index (χ1n) is 6.35. The number of pyridine rings is 1. The van der Waals surface area contributed by atoms with Gasteiger partial charge >= 0.3 is 0 Å². The summed E-state index contributed by atoms with van der Waals surface area (Å²) in [5.41, 5.74) is 1.30. The summed E-state index contributed by atoms with van der Waals surface area (Å²) in [6.45, 7) is 7.96. The Labute approximate surface area is 104 Å². The summed E-state index contributed by atoms with van der Waals surface area (Å²) in [6, 6.07) is 4.12. The van der Waals surface area contributed by atoms with Gasteiger partial charge in [0, 0.05) is 58.2 Å². The molecule has 0 bridgehead atoms. The molecule has 94 valence electrons. The van der Waals surface area contributed by atoms with Crippen LogP contribution in [0.5, 0.6) is 0 Å². The number of aromatic nitrogens is 1. The summed E-state index contributed by atoms with van der Waals surface area (Å²) in [7, 11) is 2.19. The van der Waals surface area contributed by atoms with Crippen molar-refractivity contribution < 1.29 is 0 Å². The maximum atomic E-state index is 4.01. The molecule has 17 heavy (non-hydrogen) atoms. The van der Waals surface area contributed by atoms with Crippen LogP contribution in [0.2, 0.25) is 0 Å². The Morgan fingerprint density at radius 1 is 1.18 bits per heavy atom. The molecule has 2 rings (SSSR count). The minimum absolute atomic E-state index is 0.941. The summed E-state index contributed by atoms with van der Waals surface area (Å²) in [5, 5.41) is 3.48. The highest BCUT2D eigenvalue weighted by molar-refractivity contribution is 5.08. The molecule has 0 aromatic carbocycles. The fourth-order valence-corrected chi connectivity index (χ4v) is 2.04.